The molecule has 1 N–H and O–H groups in total. The summed E-state index contributed by atoms with van der Waals surface area (Å²) in [5, 5.41) is 4.00. The van der Waals surface area contributed by atoms with Crippen molar-refractivity contribution in [3.63, 3.8) is 0 Å². The van der Waals surface area contributed by atoms with Crippen molar-refractivity contribution in [1.29, 1.82) is 0 Å². The lowest BCUT2D eigenvalue weighted by atomic mass is 10.1. The second kappa shape index (κ2) is 6.10. The van der Waals surface area contributed by atoms with Gasteiger partial charge in [-0.1, -0.05) is 11.2 Å². The summed E-state index contributed by atoms with van der Waals surface area (Å²) in [5.74, 6) is 2.22. The number of benzene rings is 1. The number of H-pyrrole nitrogens is 1. The van der Waals surface area contributed by atoms with Gasteiger partial charge in [0, 0.05) is 12.5 Å². The lowest BCUT2D eigenvalue weighted by Crippen LogP contribution is -2.01. The summed E-state index contributed by atoms with van der Waals surface area (Å²) in [4.78, 5) is 12.1. The van der Waals surface area contributed by atoms with Gasteiger partial charge in [-0.15, -0.1) is 0 Å². The number of imidazole rings is 1. The minimum Gasteiger partial charge on any atom is -0.381 e. The Balaban J connectivity index is 1.35. The van der Waals surface area contributed by atoms with Crippen LogP contribution in [-0.2, 0) is 22.7 Å². The number of aryl methyl sites for hydroxylation is 1. The maximum Gasteiger partial charge on any atom is 0.252 e. The van der Waals surface area contributed by atoms with Crippen LogP contribution >= 0.6 is 0 Å². The number of ether oxygens (including phenoxy) is 2. The Morgan fingerprint density at radius 1 is 1.30 bits per heavy atom. The second-order valence-corrected chi connectivity index (χ2v) is 5.80. The zero-order valence-electron chi connectivity index (χ0n) is 12.9. The van der Waals surface area contributed by atoms with E-state index in [0.717, 1.165) is 29.9 Å². The summed E-state index contributed by atoms with van der Waals surface area (Å²) >= 11 is 0. The van der Waals surface area contributed by atoms with E-state index < -0.39 is 0 Å². The van der Waals surface area contributed by atoms with Crippen molar-refractivity contribution < 1.29 is 14.0 Å². The van der Waals surface area contributed by atoms with E-state index in [0.29, 0.717) is 24.9 Å². The molecule has 7 heteroatoms. The van der Waals surface area contributed by atoms with Gasteiger partial charge in [0.05, 0.1) is 17.6 Å². The fourth-order valence-electron chi connectivity index (χ4n) is 2.71. The minimum absolute atomic E-state index is 0.242. The highest BCUT2D eigenvalue weighted by molar-refractivity contribution is 5.75. The Morgan fingerprint density at radius 2 is 2.26 bits per heavy atom. The van der Waals surface area contributed by atoms with Crippen molar-refractivity contribution in [2.24, 2.45) is 0 Å². The lowest BCUT2D eigenvalue weighted by Gasteiger charge is -1.98. The van der Waals surface area contributed by atoms with Gasteiger partial charge in [0.1, 0.15) is 19.0 Å². The fourth-order valence-corrected chi connectivity index (χ4v) is 2.71. The zero-order chi connectivity index (χ0) is 15.6. The molecule has 120 valence electrons. The Labute approximate surface area is 133 Å². The van der Waals surface area contributed by atoms with E-state index in [4.69, 9.17) is 14.0 Å². The molecule has 3 aromatic rings. The van der Waals surface area contributed by atoms with Crippen LogP contribution in [-0.4, -0.2) is 33.3 Å². The van der Waals surface area contributed by atoms with Crippen LogP contribution in [0.2, 0.25) is 0 Å². The molecule has 0 bridgehead atoms. The number of hydrogen-bond donors (Lipinski definition) is 1. The van der Waals surface area contributed by atoms with E-state index in [1.54, 1.807) is 0 Å². The normalized spacial score (nSPS) is 18.0. The van der Waals surface area contributed by atoms with Crippen LogP contribution in [0.4, 0.5) is 0 Å². The first-order chi connectivity index (χ1) is 11.3. The van der Waals surface area contributed by atoms with Crippen LogP contribution in [0.3, 0.4) is 0 Å². The fraction of sp³-hybridized carbons (Fsp3) is 0.438. The van der Waals surface area contributed by atoms with Gasteiger partial charge in [0.15, 0.2) is 5.82 Å². The molecule has 2 aromatic heterocycles. The smallest absolute Gasteiger partial charge is 0.252 e. The number of hydrogen-bond acceptors (Lipinski definition) is 6. The van der Waals surface area contributed by atoms with E-state index in [9.17, 15) is 0 Å². The topological polar surface area (TPSA) is 86.1 Å². The van der Waals surface area contributed by atoms with Crippen LogP contribution in [0.15, 0.2) is 22.7 Å². The number of aromatic amines is 1. The molecule has 23 heavy (non-hydrogen) atoms. The van der Waals surface area contributed by atoms with Crippen LogP contribution in [0, 0.1) is 6.92 Å². The molecule has 0 saturated carbocycles. The van der Waals surface area contributed by atoms with Gasteiger partial charge in [-0.2, -0.15) is 4.98 Å². The molecule has 0 unspecified atom stereocenters. The summed E-state index contributed by atoms with van der Waals surface area (Å²) < 4.78 is 16.2. The molecule has 1 saturated heterocycles. The van der Waals surface area contributed by atoms with E-state index in [-0.39, 0.29) is 12.5 Å². The van der Waals surface area contributed by atoms with Gasteiger partial charge in [-0.25, -0.2) is 4.98 Å². The van der Waals surface area contributed by atoms with Gasteiger partial charge in [-0.3, -0.25) is 0 Å². The number of rotatable bonds is 5. The second-order valence-electron chi connectivity index (χ2n) is 5.80. The van der Waals surface area contributed by atoms with Gasteiger partial charge in [0.25, 0.3) is 5.89 Å². The average Bonchev–Trinajstić information content (AvgIpc) is 3.26. The molecule has 0 radical (unpaired) electrons. The van der Waals surface area contributed by atoms with Crippen molar-refractivity contribution in [1.82, 2.24) is 20.1 Å². The zero-order valence-corrected chi connectivity index (χ0v) is 12.9. The summed E-state index contributed by atoms with van der Waals surface area (Å²) in [6.07, 6.45) is 0.943. The van der Waals surface area contributed by atoms with Gasteiger partial charge < -0.3 is 19.0 Å². The van der Waals surface area contributed by atoms with Crippen LogP contribution in [0.1, 0.15) is 35.4 Å². The monoisotopic (exact) mass is 314 g/mol. The molecule has 1 aromatic carbocycles. The summed E-state index contributed by atoms with van der Waals surface area (Å²) in [7, 11) is 0. The highest BCUT2D eigenvalue weighted by atomic mass is 16.5. The average molecular weight is 314 g/mol. The van der Waals surface area contributed by atoms with E-state index in [1.165, 1.54) is 5.56 Å². The summed E-state index contributed by atoms with van der Waals surface area (Å²) in [5.41, 5.74) is 3.16. The SMILES string of the molecule is Cc1ccc2nc(COCc3nc([C@H]4CCOC4)no3)[nH]c2c1. The first-order valence-electron chi connectivity index (χ1n) is 7.71. The molecule has 4 rings (SSSR count). The first-order valence-corrected chi connectivity index (χ1v) is 7.71. The number of nitrogens with zero attached hydrogens (tertiary/aromatic N) is 3. The third-order valence-electron chi connectivity index (χ3n) is 3.93. The highest BCUT2D eigenvalue weighted by Crippen LogP contribution is 2.22. The first kappa shape index (κ1) is 14.3. The van der Waals surface area contributed by atoms with E-state index >= 15 is 0 Å². The van der Waals surface area contributed by atoms with Crippen molar-refractivity contribution in [2.45, 2.75) is 32.5 Å². The van der Waals surface area contributed by atoms with Crippen molar-refractivity contribution in [3.05, 3.63) is 41.3 Å². The van der Waals surface area contributed by atoms with Crippen molar-refractivity contribution in [2.75, 3.05) is 13.2 Å². The molecule has 7 nitrogen and oxygen atoms in total. The number of fused-ring (bicyclic) bond motifs is 1. The van der Waals surface area contributed by atoms with Gasteiger partial charge in [-0.05, 0) is 31.0 Å². The highest BCUT2D eigenvalue weighted by Gasteiger charge is 2.23. The maximum absolute atomic E-state index is 5.62. The molecular weight excluding hydrogens is 296 g/mol. The molecular formula is C16H18N4O3. The van der Waals surface area contributed by atoms with Gasteiger partial charge in [0.2, 0.25) is 0 Å². The quantitative estimate of drug-likeness (QED) is 0.778. The molecule has 0 aliphatic carbocycles. The molecule has 1 fully saturated rings. The Hall–Kier alpha value is -2.25. The molecule has 0 amide bonds. The minimum atomic E-state index is 0.242. The van der Waals surface area contributed by atoms with E-state index in [2.05, 4.69) is 33.1 Å². The van der Waals surface area contributed by atoms with Crippen LogP contribution < -0.4 is 0 Å². The Bertz CT molecular complexity index is 805. The number of aromatic nitrogens is 4. The van der Waals surface area contributed by atoms with Crippen LogP contribution in [0.5, 0.6) is 0 Å². The molecule has 1 aliphatic rings. The third-order valence-corrected chi connectivity index (χ3v) is 3.93. The van der Waals surface area contributed by atoms with Crippen molar-refractivity contribution in [3.8, 4) is 0 Å². The predicted molar refractivity (Wildman–Crippen MR) is 81.8 cm³/mol. The molecule has 0 spiro atoms. The Morgan fingerprint density at radius 3 is 3.13 bits per heavy atom. The molecule has 1 aliphatic heterocycles. The largest absolute Gasteiger partial charge is 0.381 e. The summed E-state index contributed by atoms with van der Waals surface area (Å²) in [6, 6.07) is 6.11. The standard InChI is InChI=1S/C16H18N4O3/c1-10-2-3-12-13(6-10)18-14(17-12)8-22-9-15-19-16(20-23-15)11-4-5-21-7-11/h2-3,6,11H,4-5,7-9H2,1H3,(H,17,18)/t11-/m0/s1. The van der Waals surface area contributed by atoms with Crippen molar-refractivity contribution >= 4 is 11.0 Å². The predicted octanol–water partition coefficient (Wildman–Crippen LogP) is 2.48. The third kappa shape index (κ3) is 3.11. The molecule has 1 atom stereocenters. The van der Waals surface area contributed by atoms with E-state index in [1.807, 2.05) is 12.1 Å². The maximum atomic E-state index is 5.62. The van der Waals surface area contributed by atoms with Gasteiger partial charge >= 0.3 is 0 Å². The number of nitrogens with one attached hydrogen (secondary N) is 1. The molecule has 3 heterocycles. The summed E-state index contributed by atoms with van der Waals surface area (Å²) in [6.45, 7) is 4.13. The Kier molecular flexibility index (Phi) is 3.80. The lowest BCUT2D eigenvalue weighted by molar-refractivity contribution is 0.0811. The van der Waals surface area contributed by atoms with Crippen LogP contribution in [0.25, 0.3) is 11.0 Å².